The number of carbonyl (C=O) groups is 2. The summed E-state index contributed by atoms with van der Waals surface area (Å²) in [5, 5.41) is 8.98. The van der Waals surface area contributed by atoms with E-state index >= 15 is 0 Å². The summed E-state index contributed by atoms with van der Waals surface area (Å²) >= 11 is 0. The maximum absolute atomic E-state index is 12.2. The van der Waals surface area contributed by atoms with E-state index in [1.54, 1.807) is 18.2 Å². The molecule has 0 radical (unpaired) electrons. The molecule has 1 aromatic rings. The molecule has 0 aromatic carbocycles. The average Bonchev–Trinajstić information content (AvgIpc) is 2.96. The van der Waals surface area contributed by atoms with Gasteiger partial charge in [-0.15, -0.1) is 0 Å². The summed E-state index contributed by atoms with van der Waals surface area (Å²) in [6, 6.07) is 3.51. The van der Waals surface area contributed by atoms with Gasteiger partial charge in [-0.2, -0.15) is 0 Å². The second-order valence-corrected chi connectivity index (χ2v) is 5.00. The lowest BCUT2D eigenvalue weighted by Crippen LogP contribution is -2.43. The molecule has 20 heavy (non-hydrogen) atoms. The zero-order valence-electron chi connectivity index (χ0n) is 11.3. The first kappa shape index (κ1) is 14.4. The first-order valence-electron chi connectivity index (χ1n) is 6.91. The van der Waals surface area contributed by atoms with Crippen molar-refractivity contribution in [1.29, 1.82) is 0 Å². The van der Waals surface area contributed by atoms with E-state index in [9.17, 15) is 9.59 Å². The summed E-state index contributed by atoms with van der Waals surface area (Å²) in [5.41, 5.74) is 0. The van der Waals surface area contributed by atoms with Gasteiger partial charge in [-0.1, -0.05) is 19.3 Å². The average molecular weight is 277 g/mol. The third kappa shape index (κ3) is 3.98. The Morgan fingerprint density at radius 2 is 2.10 bits per heavy atom. The van der Waals surface area contributed by atoms with Gasteiger partial charge in [-0.25, -0.2) is 0 Å². The molecule has 2 rings (SSSR count). The predicted molar refractivity (Wildman–Crippen MR) is 74.0 cm³/mol. The van der Waals surface area contributed by atoms with Crippen LogP contribution in [0, 0.1) is 0 Å². The molecule has 1 N–H and O–H groups in total. The molecule has 1 aromatic heterocycles. The van der Waals surface area contributed by atoms with E-state index in [1.807, 2.05) is 0 Å². The van der Waals surface area contributed by atoms with Crippen LogP contribution in [0.3, 0.4) is 0 Å². The molecule has 1 aliphatic carbocycles. The number of aliphatic carboxylic acids is 1. The van der Waals surface area contributed by atoms with Crippen LogP contribution in [0.25, 0.3) is 6.08 Å². The summed E-state index contributed by atoms with van der Waals surface area (Å²) in [6.07, 6.45) is 9.51. The molecule has 1 saturated carbocycles. The summed E-state index contributed by atoms with van der Waals surface area (Å²) in [7, 11) is 0. The first-order chi connectivity index (χ1) is 9.66. The van der Waals surface area contributed by atoms with Gasteiger partial charge >= 0.3 is 5.97 Å². The number of amides is 1. The standard InChI is InChI=1S/C15H19NO4/c17-14(9-8-13-7-4-10-20-13)16(11-15(18)19)12-5-2-1-3-6-12/h4,7-10,12H,1-3,5-6,11H2,(H,18,19)/b9-8+. The smallest absolute Gasteiger partial charge is 0.323 e. The Bertz CT molecular complexity index is 472. The van der Waals surface area contributed by atoms with E-state index in [1.165, 1.54) is 17.2 Å². The lowest BCUT2D eigenvalue weighted by Gasteiger charge is -2.32. The van der Waals surface area contributed by atoms with Crippen LogP contribution in [0.5, 0.6) is 0 Å². The quantitative estimate of drug-likeness (QED) is 0.840. The van der Waals surface area contributed by atoms with Gasteiger partial charge in [0.25, 0.3) is 0 Å². The second-order valence-electron chi connectivity index (χ2n) is 5.00. The molecule has 0 atom stereocenters. The number of carboxylic acid groups (broad SMARTS) is 1. The van der Waals surface area contributed by atoms with Crippen molar-refractivity contribution in [3.63, 3.8) is 0 Å². The highest BCUT2D eigenvalue weighted by Gasteiger charge is 2.25. The van der Waals surface area contributed by atoms with Crippen molar-refractivity contribution in [1.82, 2.24) is 4.90 Å². The summed E-state index contributed by atoms with van der Waals surface area (Å²) in [6.45, 7) is -0.244. The maximum Gasteiger partial charge on any atom is 0.323 e. The Morgan fingerprint density at radius 3 is 2.70 bits per heavy atom. The summed E-state index contributed by atoms with van der Waals surface area (Å²) in [4.78, 5) is 24.6. The summed E-state index contributed by atoms with van der Waals surface area (Å²) in [5.74, 6) is -0.664. The zero-order chi connectivity index (χ0) is 14.4. The van der Waals surface area contributed by atoms with Crippen molar-refractivity contribution < 1.29 is 19.1 Å². The Kier molecular flexibility index (Phi) is 4.98. The molecular weight excluding hydrogens is 258 g/mol. The van der Waals surface area contributed by atoms with Gasteiger partial charge in [0.1, 0.15) is 12.3 Å². The number of hydrogen-bond donors (Lipinski definition) is 1. The van der Waals surface area contributed by atoms with Gasteiger partial charge in [0.2, 0.25) is 5.91 Å². The van der Waals surface area contributed by atoms with Crippen LogP contribution in [0.4, 0.5) is 0 Å². The molecule has 5 nitrogen and oxygen atoms in total. The van der Waals surface area contributed by atoms with Gasteiger partial charge in [-0.3, -0.25) is 9.59 Å². The monoisotopic (exact) mass is 277 g/mol. The van der Waals surface area contributed by atoms with Crippen molar-refractivity contribution >= 4 is 18.0 Å². The minimum atomic E-state index is -0.977. The fourth-order valence-corrected chi connectivity index (χ4v) is 2.56. The van der Waals surface area contributed by atoms with Crippen LogP contribution >= 0.6 is 0 Å². The normalized spacial score (nSPS) is 16.4. The van der Waals surface area contributed by atoms with E-state index in [4.69, 9.17) is 9.52 Å². The van der Waals surface area contributed by atoms with Crippen LogP contribution in [0.15, 0.2) is 28.9 Å². The molecule has 1 heterocycles. The number of furan rings is 1. The molecule has 5 heteroatoms. The molecule has 1 fully saturated rings. The molecule has 0 spiro atoms. The molecular formula is C15H19NO4. The third-order valence-corrected chi connectivity index (χ3v) is 3.54. The number of carboxylic acids is 1. The Morgan fingerprint density at radius 1 is 1.35 bits per heavy atom. The third-order valence-electron chi connectivity index (χ3n) is 3.54. The minimum absolute atomic E-state index is 0.0357. The highest BCUT2D eigenvalue weighted by atomic mass is 16.4. The number of nitrogens with zero attached hydrogens (tertiary/aromatic N) is 1. The fraction of sp³-hybridized carbons (Fsp3) is 0.467. The van der Waals surface area contributed by atoms with Crippen molar-refractivity contribution in [2.45, 2.75) is 38.1 Å². The SMILES string of the molecule is O=C(O)CN(C(=O)/C=C/c1ccco1)C1CCCCC1. The topological polar surface area (TPSA) is 70.8 Å². The van der Waals surface area contributed by atoms with Gasteiger partial charge in [0.05, 0.1) is 6.26 Å². The fourth-order valence-electron chi connectivity index (χ4n) is 2.56. The van der Waals surface area contributed by atoms with Crippen molar-refractivity contribution in [2.24, 2.45) is 0 Å². The van der Waals surface area contributed by atoms with Crippen LogP contribution in [0.2, 0.25) is 0 Å². The lowest BCUT2D eigenvalue weighted by atomic mass is 9.94. The maximum atomic E-state index is 12.2. The highest BCUT2D eigenvalue weighted by Crippen LogP contribution is 2.23. The molecule has 0 bridgehead atoms. The molecule has 1 amide bonds. The lowest BCUT2D eigenvalue weighted by molar-refractivity contribution is -0.144. The largest absolute Gasteiger partial charge is 0.480 e. The molecule has 108 valence electrons. The highest BCUT2D eigenvalue weighted by molar-refractivity contribution is 5.93. The van der Waals surface area contributed by atoms with E-state index in [0.717, 1.165) is 32.1 Å². The Labute approximate surface area is 117 Å². The van der Waals surface area contributed by atoms with Crippen LogP contribution in [0.1, 0.15) is 37.9 Å². The Hall–Kier alpha value is -2.04. The van der Waals surface area contributed by atoms with Crippen molar-refractivity contribution in [2.75, 3.05) is 6.54 Å². The number of carbonyl (C=O) groups excluding carboxylic acids is 1. The number of hydrogen-bond acceptors (Lipinski definition) is 3. The number of rotatable bonds is 5. The first-order valence-corrected chi connectivity index (χ1v) is 6.91. The predicted octanol–water partition coefficient (Wildman–Crippen LogP) is 2.54. The zero-order valence-corrected chi connectivity index (χ0v) is 11.3. The van der Waals surface area contributed by atoms with Gasteiger partial charge in [0.15, 0.2) is 0 Å². The molecule has 0 aliphatic heterocycles. The van der Waals surface area contributed by atoms with Gasteiger partial charge < -0.3 is 14.4 Å². The van der Waals surface area contributed by atoms with E-state index in [0.29, 0.717) is 5.76 Å². The summed E-state index contributed by atoms with van der Waals surface area (Å²) < 4.78 is 5.12. The van der Waals surface area contributed by atoms with E-state index in [2.05, 4.69) is 0 Å². The van der Waals surface area contributed by atoms with E-state index < -0.39 is 5.97 Å². The van der Waals surface area contributed by atoms with Crippen LogP contribution in [-0.4, -0.2) is 34.5 Å². The molecule has 1 aliphatic rings. The van der Waals surface area contributed by atoms with E-state index in [-0.39, 0.29) is 18.5 Å². The molecule has 0 saturated heterocycles. The van der Waals surface area contributed by atoms with Crippen molar-refractivity contribution in [3.8, 4) is 0 Å². The van der Waals surface area contributed by atoms with Crippen LogP contribution < -0.4 is 0 Å². The molecule has 0 unspecified atom stereocenters. The van der Waals surface area contributed by atoms with Gasteiger partial charge in [0, 0.05) is 12.1 Å². The van der Waals surface area contributed by atoms with Crippen molar-refractivity contribution in [3.05, 3.63) is 30.2 Å². The Balaban J connectivity index is 2.04. The second kappa shape index (κ2) is 6.93. The van der Waals surface area contributed by atoms with Gasteiger partial charge in [-0.05, 0) is 31.1 Å². The van der Waals surface area contributed by atoms with Crippen LogP contribution in [-0.2, 0) is 9.59 Å². The minimum Gasteiger partial charge on any atom is -0.480 e.